The monoisotopic (exact) mass is 382 g/mol. The van der Waals surface area contributed by atoms with Gasteiger partial charge in [0.05, 0.1) is 0 Å². The fourth-order valence-corrected chi connectivity index (χ4v) is 3.47. The van der Waals surface area contributed by atoms with Gasteiger partial charge in [-0.3, -0.25) is 4.79 Å². The average Bonchev–Trinajstić information content (AvgIpc) is 2.62. The number of carbonyl (C=O) groups is 1. The van der Waals surface area contributed by atoms with Crippen LogP contribution < -0.4 is 5.32 Å². The quantitative estimate of drug-likeness (QED) is 0.807. The number of benzene rings is 2. The van der Waals surface area contributed by atoms with Gasteiger partial charge in [-0.05, 0) is 42.0 Å². The van der Waals surface area contributed by atoms with E-state index in [4.69, 9.17) is 11.6 Å². The average molecular weight is 383 g/mol. The molecule has 0 bridgehead atoms. The van der Waals surface area contributed by atoms with Crippen LogP contribution in [0.4, 0.5) is 0 Å². The minimum absolute atomic E-state index is 0. The molecule has 1 fully saturated rings. The molecular formula is C18H20Cl2N2OS. The summed E-state index contributed by atoms with van der Waals surface area (Å²) >= 11 is 7.65. The summed E-state index contributed by atoms with van der Waals surface area (Å²) in [6, 6.07) is 15.8. The van der Waals surface area contributed by atoms with E-state index in [-0.39, 0.29) is 18.3 Å². The summed E-state index contributed by atoms with van der Waals surface area (Å²) in [5.41, 5.74) is 1.98. The largest absolute Gasteiger partial charge is 0.336 e. The van der Waals surface area contributed by atoms with Crippen LogP contribution in [0.5, 0.6) is 0 Å². The van der Waals surface area contributed by atoms with Crippen molar-refractivity contribution in [3.8, 4) is 0 Å². The van der Waals surface area contributed by atoms with Gasteiger partial charge in [-0.2, -0.15) is 0 Å². The van der Waals surface area contributed by atoms with Gasteiger partial charge in [0.15, 0.2) is 0 Å². The van der Waals surface area contributed by atoms with Crippen LogP contribution in [0, 0.1) is 0 Å². The molecule has 1 N–H and O–H groups in total. The summed E-state index contributed by atoms with van der Waals surface area (Å²) in [4.78, 5) is 15.5. The van der Waals surface area contributed by atoms with E-state index < -0.39 is 0 Å². The summed E-state index contributed by atoms with van der Waals surface area (Å²) < 4.78 is 0. The fourth-order valence-electron chi connectivity index (χ4n) is 2.49. The van der Waals surface area contributed by atoms with Gasteiger partial charge in [0.25, 0.3) is 5.91 Å². The first-order chi connectivity index (χ1) is 11.2. The Morgan fingerprint density at radius 2 is 1.67 bits per heavy atom. The van der Waals surface area contributed by atoms with E-state index in [2.05, 4.69) is 5.32 Å². The molecule has 0 unspecified atom stereocenters. The molecule has 0 spiro atoms. The number of nitrogens with zero attached hydrogens (tertiary/aromatic N) is 1. The second-order valence-corrected chi connectivity index (χ2v) is 6.97. The molecule has 0 aromatic heterocycles. The molecule has 128 valence electrons. The van der Waals surface area contributed by atoms with E-state index in [1.54, 1.807) is 11.8 Å². The molecular weight excluding hydrogens is 363 g/mol. The zero-order valence-corrected chi connectivity index (χ0v) is 15.6. The minimum Gasteiger partial charge on any atom is -0.336 e. The van der Waals surface area contributed by atoms with Crippen LogP contribution in [-0.4, -0.2) is 37.0 Å². The topological polar surface area (TPSA) is 32.3 Å². The highest BCUT2D eigenvalue weighted by Crippen LogP contribution is 2.24. The summed E-state index contributed by atoms with van der Waals surface area (Å²) in [7, 11) is 0. The van der Waals surface area contributed by atoms with E-state index in [0.29, 0.717) is 0 Å². The maximum atomic E-state index is 12.4. The third-order valence-corrected chi connectivity index (χ3v) is 5.16. The van der Waals surface area contributed by atoms with Gasteiger partial charge in [-0.25, -0.2) is 0 Å². The summed E-state index contributed by atoms with van der Waals surface area (Å²) in [5.74, 6) is 1.01. The zero-order valence-electron chi connectivity index (χ0n) is 13.2. The second-order valence-electron chi connectivity index (χ2n) is 5.48. The lowest BCUT2D eigenvalue weighted by atomic mass is 10.1. The van der Waals surface area contributed by atoms with Gasteiger partial charge in [0, 0.05) is 47.4 Å². The van der Waals surface area contributed by atoms with Crippen LogP contribution in [0.1, 0.15) is 15.9 Å². The van der Waals surface area contributed by atoms with Crippen molar-refractivity contribution in [1.29, 1.82) is 0 Å². The van der Waals surface area contributed by atoms with Crippen molar-refractivity contribution >= 4 is 41.7 Å². The molecule has 2 aromatic carbocycles. The Bertz CT molecular complexity index is 656. The van der Waals surface area contributed by atoms with Crippen molar-refractivity contribution in [3.05, 3.63) is 64.7 Å². The molecule has 1 amide bonds. The number of nitrogens with one attached hydrogen (secondary N) is 1. The van der Waals surface area contributed by atoms with E-state index in [1.807, 2.05) is 53.4 Å². The predicted octanol–water partition coefficient (Wildman–Crippen LogP) is 4.10. The van der Waals surface area contributed by atoms with Crippen molar-refractivity contribution in [3.63, 3.8) is 0 Å². The summed E-state index contributed by atoms with van der Waals surface area (Å²) in [6.07, 6.45) is 0. The lowest BCUT2D eigenvalue weighted by Gasteiger charge is -2.27. The third-order valence-electron chi connectivity index (χ3n) is 3.82. The Labute approximate surface area is 158 Å². The molecule has 2 aromatic rings. The molecule has 6 heteroatoms. The van der Waals surface area contributed by atoms with E-state index in [0.717, 1.165) is 42.5 Å². The molecule has 0 radical (unpaired) electrons. The Morgan fingerprint density at radius 3 is 2.29 bits per heavy atom. The van der Waals surface area contributed by atoms with Gasteiger partial charge in [0.1, 0.15) is 0 Å². The first-order valence-electron chi connectivity index (χ1n) is 7.70. The smallest absolute Gasteiger partial charge is 0.253 e. The molecule has 3 nitrogen and oxygen atoms in total. The van der Waals surface area contributed by atoms with Gasteiger partial charge in [-0.15, -0.1) is 24.2 Å². The number of piperazine rings is 1. The Morgan fingerprint density at radius 1 is 1.04 bits per heavy atom. The molecule has 1 heterocycles. The SMILES string of the molecule is Cl.O=C(c1ccc(CSc2ccc(Cl)cc2)cc1)N1CCNCC1. The first kappa shape index (κ1) is 19.1. The van der Waals surface area contributed by atoms with Gasteiger partial charge in [-0.1, -0.05) is 23.7 Å². The number of hydrogen-bond acceptors (Lipinski definition) is 3. The van der Waals surface area contributed by atoms with Gasteiger partial charge in [0.2, 0.25) is 0 Å². The van der Waals surface area contributed by atoms with E-state index in [9.17, 15) is 4.79 Å². The molecule has 0 atom stereocenters. The molecule has 3 rings (SSSR count). The lowest BCUT2D eigenvalue weighted by molar-refractivity contribution is 0.0736. The first-order valence-corrected chi connectivity index (χ1v) is 9.06. The minimum atomic E-state index is 0. The number of hydrogen-bond donors (Lipinski definition) is 1. The highest BCUT2D eigenvalue weighted by molar-refractivity contribution is 7.98. The van der Waals surface area contributed by atoms with Crippen LogP contribution in [0.2, 0.25) is 5.02 Å². The predicted molar refractivity (Wildman–Crippen MR) is 103 cm³/mol. The van der Waals surface area contributed by atoms with E-state index in [1.165, 1.54) is 10.5 Å². The van der Waals surface area contributed by atoms with Crippen molar-refractivity contribution < 1.29 is 4.79 Å². The fraction of sp³-hybridized carbons (Fsp3) is 0.278. The highest BCUT2D eigenvalue weighted by Gasteiger charge is 2.17. The Hall–Kier alpha value is -1.20. The maximum Gasteiger partial charge on any atom is 0.253 e. The number of thioether (sulfide) groups is 1. The van der Waals surface area contributed by atoms with Crippen LogP contribution in [-0.2, 0) is 5.75 Å². The normalized spacial score (nSPS) is 14.1. The van der Waals surface area contributed by atoms with E-state index >= 15 is 0 Å². The number of halogens is 2. The van der Waals surface area contributed by atoms with Crippen LogP contribution in [0.25, 0.3) is 0 Å². The zero-order chi connectivity index (χ0) is 16.1. The molecule has 24 heavy (non-hydrogen) atoms. The van der Waals surface area contributed by atoms with Gasteiger partial charge < -0.3 is 10.2 Å². The lowest BCUT2D eigenvalue weighted by Crippen LogP contribution is -2.46. The summed E-state index contributed by atoms with van der Waals surface area (Å²) in [6.45, 7) is 3.32. The standard InChI is InChI=1S/C18H19ClN2OS.ClH/c19-16-5-7-17(8-6-16)23-13-14-1-3-15(4-2-14)18(22)21-11-9-20-10-12-21;/h1-8,20H,9-13H2;1H. The highest BCUT2D eigenvalue weighted by atomic mass is 35.5. The van der Waals surface area contributed by atoms with Crippen molar-refractivity contribution in [2.45, 2.75) is 10.6 Å². The second kappa shape index (κ2) is 9.33. The van der Waals surface area contributed by atoms with Crippen LogP contribution in [0.15, 0.2) is 53.4 Å². The molecule has 0 aliphatic carbocycles. The molecule has 1 aliphatic heterocycles. The maximum absolute atomic E-state index is 12.4. The number of rotatable bonds is 4. The number of amides is 1. The molecule has 0 saturated carbocycles. The molecule has 1 aliphatic rings. The van der Waals surface area contributed by atoms with Gasteiger partial charge >= 0.3 is 0 Å². The van der Waals surface area contributed by atoms with Crippen LogP contribution >= 0.6 is 35.8 Å². The van der Waals surface area contributed by atoms with Crippen LogP contribution in [0.3, 0.4) is 0 Å². The molecule has 1 saturated heterocycles. The van der Waals surface area contributed by atoms with Crippen molar-refractivity contribution in [1.82, 2.24) is 10.2 Å². The Kier molecular flexibility index (Phi) is 7.43. The third kappa shape index (κ3) is 5.15. The Balaban J connectivity index is 0.00000208. The number of carbonyl (C=O) groups excluding carboxylic acids is 1. The van der Waals surface area contributed by atoms with Crippen molar-refractivity contribution in [2.75, 3.05) is 26.2 Å². The van der Waals surface area contributed by atoms with Crippen molar-refractivity contribution in [2.24, 2.45) is 0 Å². The summed E-state index contributed by atoms with van der Waals surface area (Å²) in [5, 5.41) is 4.02.